The molecule has 2 aromatic carbocycles. The van der Waals surface area contributed by atoms with Gasteiger partial charge in [0.05, 0.1) is 6.20 Å². The molecule has 1 atom stereocenters. The minimum absolute atomic E-state index is 0.157. The number of aryl methyl sites for hydroxylation is 3. The molecule has 1 unspecified atom stereocenters. The molecule has 0 saturated carbocycles. The molecule has 226 valence electrons. The Balaban J connectivity index is 1.26. The maximum atomic E-state index is 13.2. The molecule has 4 aromatic rings. The van der Waals surface area contributed by atoms with Gasteiger partial charge in [-0.25, -0.2) is 9.50 Å². The smallest absolute Gasteiger partial charge is 0.255 e. The van der Waals surface area contributed by atoms with Gasteiger partial charge in [0.25, 0.3) is 5.91 Å². The van der Waals surface area contributed by atoms with Crippen molar-refractivity contribution in [2.75, 3.05) is 5.32 Å². The highest BCUT2D eigenvalue weighted by Crippen LogP contribution is 2.21. The molecule has 0 aliphatic rings. The number of hydrogen-bond donors (Lipinski definition) is 4. The molecule has 0 saturated heterocycles. The number of hydrogen-bond acceptors (Lipinski definition) is 6. The zero-order valence-corrected chi connectivity index (χ0v) is 25.3. The Bertz CT molecular complexity index is 1550. The zero-order chi connectivity index (χ0) is 30.4. The van der Waals surface area contributed by atoms with E-state index in [2.05, 4.69) is 46.3 Å². The Labute approximate surface area is 254 Å². The van der Waals surface area contributed by atoms with Crippen LogP contribution in [0.3, 0.4) is 0 Å². The minimum atomic E-state index is -0.806. The van der Waals surface area contributed by atoms with Gasteiger partial charge in [0.1, 0.15) is 11.9 Å². The molecule has 43 heavy (non-hydrogen) atoms. The molecule has 0 fully saturated rings. The summed E-state index contributed by atoms with van der Waals surface area (Å²) in [4.78, 5) is 17.5. The Morgan fingerprint density at radius 1 is 0.953 bits per heavy atom. The normalized spacial score (nSPS) is 11.7. The summed E-state index contributed by atoms with van der Waals surface area (Å²) in [7, 11) is 0. The van der Waals surface area contributed by atoms with Gasteiger partial charge < -0.3 is 15.6 Å². The highest BCUT2D eigenvalue weighted by atomic mass is 16.5. The highest BCUT2D eigenvalue weighted by molar-refractivity contribution is 6.04. The Morgan fingerprint density at radius 2 is 1.72 bits per heavy atom. The summed E-state index contributed by atoms with van der Waals surface area (Å²) in [6.45, 7) is 4.14. The second-order valence-electron chi connectivity index (χ2n) is 11.0. The first-order valence-corrected chi connectivity index (χ1v) is 15.4. The van der Waals surface area contributed by atoms with Crippen LogP contribution in [0.1, 0.15) is 103 Å². The summed E-state index contributed by atoms with van der Waals surface area (Å²) in [5.74, 6) is 6.18. The van der Waals surface area contributed by atoms with E-state index in [4.69, 9.17) is 5.21 Å². The van der Waals surface area contributed by atoms with E-state index >= 15 is 0 Å². The molecule has 0 spiro atoms. The van der Waals surface area contributed by atoms with Crippen LogP contribution in [0.5, 0.6) is 0 Å². The van der Waals surface area contributed by atoms with Crippen LogP contribution in [0.25, 0.3) is 5.65 Å². The van der Waals surface area contributed by atoms with Gasteiger partial charge in [0.15, 0.2) is 5.65 Å². The lowest BCUT2D eigenvalue weighted by molar-refractivity contribution is -0.00393. The predicted octanol–water partition coefficient (Wildman–Crippen LogP) is 6.60. The summed E-state index contributed by atoms with van der Waals surface area (Å²) in [6.07, 6.45) is 14.4. The van der Waals surface area contributed by atoms with Gasteiger partial charge in [-0.1, -0.05) is 63.5 Å². The van der Waals surface area contributed by atoms with Crippen molar-refractivity contribution in [1.82, 2.24) is 20.1 Å². The fourth-order valence-corrected chi connectivity index (χ4v) is 5.20. The van der Waals surface area contributed by atoms with Gasteiger partial charge in [0.2, 0.25) is 0 Å². The molecule has 4 N–H and O–H groups in total. The lowest BCUT2D eigenvalue weighted by atomic mass is 9.98. The van der Waals surface area contributed by atoms with Crippen LogP contribution in [0, 0.1) is 18.8 Å². The Hall–Kier alpha value is -4.03. The second-order valence-corrected chi connectivity index (χ2v) is 11.0. The molecule has 0 radical (unpaired) electrons. The number of aliphatic hydroxyl groups is 1. The van der Waals surface area contributed by atoms with Crippen LogP contribution in [0.2, 0.25) is 0 Å². The number of unbranched alkanes of at least 4 members (excludes halogenated alkanes) is 7. The molecule has 4 rings (SSSR count). The van der Waals surface area contributed by atoms with Crippen molar-refractivity contribution < 1.29 is 15.1 Å². The topological polar surface area (TPSA) is 112 Å². The molecule has 0 aliphatic heterocycles. The maximum Gasteiger partial charge on any atom is 0.255 e. The van der Waals surface area contributed by atoms with Gasteiger partial charge in [-0.2, -0.15) is 10.6 Å². The fourth-order valence-electron chi connectivity index (χ4n) is 5.20. The molecule has 2 heterocycles. The monoisotopic (exact) mass is 581 g/mol. The number of anilines is 1. The van der Waals surface area contributed by atoms with Crippen molar-refractivity contribution in [3.8, 4) is 11.8 Å². The highest BCUT2D eigenvalue weighted by Gasteiger charge is 2.10. The van der Waals surface area contributed by atoms with E-state index < -0.39 is 6.23 Å². The second kappa shape index (κ2) is 16.6. The minimum Gasteiger partial charge on any atom is -0.377 e. The summed E-state index contributed by atoms with van der Waals surface area (Å²) in [5, 5.41) is 25.3. The number of imidazole rings is 1. The molecule has 0 aliphatic carbocycles. The van der Waals surface area contributed by atoms with Crippen LogP contribution in [0.15, 0.2) is 60.9 Å². The standard InChI is InChI=1S/C35H43N5O3/c1-3-27-24-31(20-18-28(27)13-10-8-6-4-5-7-9-11-15-34(41)39-43)38-35(42)30-17-16-26(2)29(23-30)19-21-32-25-36-33-14-12-22-37-40(32)33/h12,14,16-18,20,22-25,34,39,41,43H,3-11,13,15H2,1-2H3,(H,38,42). The van der Waals surface area contributed by atoms with Gasteiger partial charge in [0, 0.05) is 23.0 Å². The molecular weight excluding hydrogens is 538 g/mol. The fraction of sp³-hybridized carbons (Fsp3) is 0.400. The first-order valence-electron chi connectivity index (χ1n) is 15.4. The molecule has 8 nitrogen and oxygen atoms in total. The summed E-state index contributed by atoms with van der Waals surface area (Å²) >= 11 is 0. The largest absolute Gasteiger partial charge is 0.377 e. The zero-order valence-electron chi connectivity index (χ0n) is 25.3. The Kier molecular flexibility index (Phi) is 12.3. The predicted molar refractivity (Wildman–Crippen MR) is 170 cm³/mol. The van der Waals surface area contributed by atoms with Gasteiger partial charge in [-0.15, -0.1) is 0 Å². The average molecular weight is 582 g/mol. The van der Waals surface area contributed by atoms with Crippen LogP contribution < -0.4 is 10.8 Å². The number of carbonyl (C=O) groups is 1. The van der Waals surface area contributed by atoms with E-state index in [1.165, 1.54) is 43.2 Å². The molecule has 2 aromatic heterocycles. The summed E-state index contributed by atoms with van der Waals surface area (Å²) < 4.78 is 1.70. The third kappa shape index (κ3) is 9.48. The number of benzene rings is 2. The number of hydroxylamine groups is 1. The molecule has 0 bridgehead atoms. The number of aliphatic hydroxyl groups excluding tert-OH is 1. The average Bonchev–Trinajstić information content (AvgIpc) is 3.44. The third-order valence-electron chi connectivity index (χ3n) is 7.77. The maximum absolute atomic E-state index is 13.2. The van der Waals surface area contributed by atoms with Crippen LogP contribution in [0.4, 0.5) is 5.69 Å². The lowest BCUT2D eigenvalue weighted by Gasteiger charge is -2.12. The number of nitrogens with one attached hydrogen (secondary N) is 2. The molecular formula is C35H43N5O3. The molecule has 8 heteroatoms. The van der Waals surface area contributed by atoms with Crippen molar-refractivity contribution >= 4 is 17.2 Å². The van der Waals surface area contributed by atoms with Crippen LogP contribution in [-0.4, -0.2) is 37.0 Å². The van der Waals surface area contributed by atoms with Gasteiger partial charge in [-0.05, 0) is 98.0 Å². The van der Waals surface area contributed by atoms with Crippen molar-refractivity contribution in [2.24, 2.45) is 0 Å². The van der Waals surface area contributed by atoms with E-state index in [1.54, 1.807) is 16.9 Å². The van der Waals surface area contributed by atoms with E-state index in [-0.39, 0.29) is 5.91 Å². The van der Waals surface area contributed by atoms with E-state index in [0.717, 1.165) is 54.6 Å². The number of fused-ring (bicyclic) bond motifs is 1. The van der Waals surface area contributed by atoms with Crippen LogP contribution in [-0.2, 0) is 12.8 Å². The first-order chi connectivity index (χ1) is 21.0. The summed E-state index contributed by atoms with van der Waals surface area (Å²) in [6, 6.07) is 15.6. The van der Waals surface area contributed by atoms with E-state index in [9.17, 15) is 9.90 Å². The quantitative estimate of drug-likeness (QED) is 0.0545. The third-order valence-corrected chi connectivity index (χ3v) is 7.77. The number of nitrogens with zero attached hydrogens (tertiary/aromatic N) is 3. The van der Waals surface area contributed by atoms with Crippen molar-refractivity contribution in [3.05, 3.63) is 94.4 Å². The number of rotatable bonds is 15. The lowest BCUT2D eigenvalue weighted by Crippen LogP contribution is -2.24. The Morgan fingerprint density at radius 3 is 2.49 bits per heavy atom. The van der Waals surface area contributed by atoms with E-state index in [1.807, 2.05) is 48.8 Å². The first kappa shape index (κ1) is 31.9. The van der Waals surface area contributed by atoms with Crippen molar-refractivity contribution in [3.63, 3.8) is 0 Å². The van der Waals surface area contributed by atoms with Crippen molar-refractivity contribution in [2.45, 2.75) is 90.7 Å². The summed E-state index contributed by atoms with van der Waals surface area (Å²) in [5.41, 5.74) is 9.09. The van der Waals surface area contributed by atoms with Crippen LogP contribution >= 0.6 is 0 Å². The van der Waals surface area contributed by atoms with Crippen molar-refractivity contribution in [1.29, 1.82) is 0 Å². The molecule has 1 amide bonds. The number of aromatic nitrogens is 3. The number of amides is 1. The SMILES string of the molecule is CCc1cc(NC(=O)c2ccc(C)c(C#Cc3cnc4cccnn34)c2)ccc1CCCCCCCCCCC(O)NO. The van der Waals surface area contributed by atoms with Gasteiger partial charge >= 0.3 is 0 Å². The van der Waals surface area contributed by atoms with Gasteiger partial charge in [-0.3, -0.25) is 4.79 Å². The number of carbonyl (C=O) groups excluding carboxylic acids is 1. The van der Waals surface area contributed by atoms with E-state index in [0.29, 0.717) is 17.7 Å².